The van der Waals surface area contributed by atoms with Gasteiger partial charge in [0.2, 0.25) is 0 Å². The Balaban J connectivity index is 1.94. The van der Waals surface area contributed by atoms with Gasteiger partial charge in [-0.05, 0) is 38.1 Å². The van der Waals surface area contributed by atoms with E-state index in [1.807, 2.05) is 30.3 Å². The van der Waals surface area contributed by atoms with E-state index in [9.17, 15) is 0 Å². The van der Waals surface area contributed by atoms with Crippen molar-refractivity contribution in [1.82, 2.24) is 0 Å². The molecule has 1 aliphatic heterocycles. The number of hydrogen-bond donors (Lipinski definition) is 1. The van der Waals surface area contributed by atoms with Gasteiger partial charge in [0.1, 0.15) is 11.4 Å². The van der Waals surface area contributed by atoms with Crippen molar-refractivity contribution in [1.29, 1.82) is 0 Å². The van der Waals surface area contributed by atoms with Crippen LogP contribution in [-0.4, -0.2) is 5.60 Å². The average Bonchev–Trinajstić information content (AvgIpc) is 2.65. The van der Waals surface area contributed by atoms with Crippen molar-refractivity contribution in [3.05, 3.63) is 58.1 Å². The van der Waals surface area contributed by atoms with E-state index in [4.69, 9.17) is 27.9 Å². The maximum atomic E-state index is 6.07. The number of rotatable bonds is 2. The van der Waals surface area contributed by atoms with Gasteiger partial charge in [-0.15, -0.1) is 0 Å². The van der Waals surface area contributed by atoms with Crippen LogP contribution in [0, 0.1) is 0 Å². The van der Waals surface area contributed by atoms with Gasteiger partial charge in [-0.25, -0.2) is 0 Å². The Labute approximate surface area is 128 Å². The molecular formula is C16H15Cl2NO. The molecule has 2 aromatic carbocycles. The minimum Gasteiger partial charge on any atom is -0.485 e. The van der Waals surface area contributed by atoms with Crippen LogP contribution in [0.5, 0.6) is 5.75 Å². The lowest BCUT2D eigenvalue weighted by Crippen LogP contribution is -2.34. The summed E-state index contributed by atoms with van der Waals surface area (Å²) in [5.74, 6) is 0.926. The van der Waals surface area contributed by atoms with Crippen molar-refractivity contribution in [2.24, 2.45) is 0 Å². The van der Waals surface area contributed by atoms with Gasteiger partial charge in [-0.2, -0.15) is 0 Å². The lowest BCUT2D eigenvalue weighted by molar-refractivity contribution is 0.118. The normalized spacial score (nSPS) is 19.3. The highest BCUT2D eigenvalue weighted by molar-refractivity contribution is 6.42. The fourth-order valence-corrected chi connectivity index (χ4v) is 2.83. The summed E-state index contributed by atoms with van der Waals surface area (Å²) in [4.78, 5) is 0. The van der Waals surface area contributed by atoms with Crippen molar-refractivity contribution in [2.75, 3.05) is 5.32 Å². The van der Waals surface area contributed by atoms with E-state index in [0.29, 0.717) is 10.0 Å². The summed E-state index contributed by atoms with van der Waals surface area (Å²) >= 11 is 12.0. The second-order valence-electron chi connectivity index (χ2n) is 5.45. The molecule has 1 N–H and O–H groups in total. The van der Waals surface area contributed by atoms with E-state index >= 15 is 0 Å². The average molecular weight is 308 g/mol. The van der Waals surface area contributed by atoms with Gasteiger partial charge < -0.3 is 10.1 Å². The summed E-state index contributed by atoms with van der Waals surface area (Å²) in [6.45, 7) is 4.14. The first-order valence-corrected chi connectivity index (χ1v) is 7.22. The minimum atomic E-state index is -0.324. The number of para-hydroxylation sites is 1. The topological polar surface area (TPSA) is 21.3 Å². The summed E-state index contributed by atoms with van der Waals surface area (Å²) < 4.78 is 6.01. The van der Waals surface area contributed by atoms with Crippen molar-refractivity contribution >= 4 is 28.9 Å². The van der Waals surface area contributed by atoms with E-state index in [1.165, 1.54) is 0 Å². The van der Waals surface area contributed by atoms with E-state index in [-0.39, 0.29) is 11.6 Å². The molecule has 0 saturated carbocycles. The van der Waals surface area contributed by atoms with Crippen LogP contribution in [0.25, 0.3) is 0 Å². The maximum absolute atomic E-state index is 6.07. The third-order valence-electron chi connectivity index (χ3n) is 3.53. The highest BCUT2D eigenvalue weighted by Crippen LogP contribution is 2.44. The Kier molecular flexibility index (Phi) is 3.31. The molecule has 0 amide bonds. The first kappa shape index (κ1) is 13.6. The molecule has 0 fully saturated rings. The quantitative estimate of drug-likeness (QED) is 0.811. The molecule has 1 heterocycles. The molecule has 0 aliphatic carbocycles. The second kappa shape index (κ2) is 4.87. The maximum Gasteiger partial charge on any atom is 0.128 e. The van der Waals surface area contributed by atoms with Crippen LogP contribution in [0.3, 0.4) is 0 Å². The molecule has 2 nitrogen and oxygen atoms in total. The predicted octanol–water partition coefficient (Wildman–Crippen LogP) is 5.32. The Bertz CT molecular complexity index is 655. The molecule has 104 valence electrons. The molecule has 0 saturated heterocycles. The van der Waals surface area contributed by atoms with Crippen LogP contribution in [0.4, 0.5) is 5.69 Å². The molecule has 0 bridgehead atoms. The number of fused-ring (bicyclic) bond motifs is 1. The molecular weight excluding hydrogens is 293 g/mol. The smallest absolute Gasteiger partial charge is 0.128 e. The fourth-order valence-electron chi connectivity index (χ4n) is 2.53. The van der Waals surface area contributed by atoms with Gasteiger partial charge >= 0.3 is 0 Å². The Morgan fingerprint density at radius 3 is 2.55 bits per heavy atom. The van der Waals surface area contributed by atoms with Crippen LogP contribution >= 0.6 is 23.2 Å². The van der Waals surface area contributed by atoms with Gasteiger partial charge in [0.05, 0.1) is 16.1 Å². The lowest BCUT2D eigenvalue weighted by Gasteiger charge is -2.28. The van der Waals surface area contributed by atoms with Crippen molar-refractivity contribution < 1.29 is 4.74 Å². The Hall–Kier alpha value is -1.38. The second-order valence-corrected chi connectivity index (χ2v) is 6.26. The summed E-state index contributed by atoms with van der Waals surface area (Å²) in [5.41, 5.74) is 1.76. The summed E-state index contributed by atoms with van der Waals surface area (Å²) in [5, 5.41) is 4.59. The zero-order chi connectivity index (χ0) is 14.3. The van der Waals surface area contributed by atoms with Crippen LogP contribution < -0.4 is 10.1 Å². The Morgan fingerprint density at radius 1 is 1.05 bits per heavy atom. The van der Waals surface area contributed by atoms with Crippen molar-refractivity contribution in [2.45, 2.75) is 25.5 Å². The van der Waals surface area contributed by atoms with Gasteiger partial charge in [-0.1, -0.05) is 41.4 Å². The summed E-state index contributed by atoms with van der Waals surface area (Å²) in [6.07, 6.45) is 0. The number of ether oxygens (including phenoxy) is 1. The van der Waals surface area contributed by atoms with Gasteiger partial charge in [0, 0.05) is 11.3 Å². The van der Waals surface area contributed by atoms with Crippen LogP contribution in [0.1, 0.15) is 25.5 Å². The highest BCUT2D eigenvalue weighted by atomic mass is 35.5. The van der Waals surface area contributed by atoms with Crippen LogP contribution in [-0.2, 0) is 0 Å². The van der Waals surface area contributed by atoms with Gasteiger partial charge in [0.15, 0.2) is 0 Å². The lowest BCUT2D eigenvalue weighted by atomic mass is 9.94. The third-order valence-corrected chi connectivity index (χ3v) is 4.27. The summed E-state index contributed by atoms with van der Waals surface area (Å²) in [6, 6.07) is 13.7. The first-order valence-electron chi connectivity index (χ1n) is 6.47. The van der Waals surface area contributed by atoms with Crippen LogP contribution in [0.2, 0.25) is 10.0 Å². The number of anilines is 1. The fraction of sp³-hybridized carbons (Fsp3) is 0.250. The number of nitrogens with one attached hydrogen (secondary N) is 1. The molecule has 1 aliphatic rings. The standard InChI is InChI=1S/C16H15Cl2NO/c1-16(2)15(11-5-3-4-6-14(11)20-16)19-10-7-8-12(17)13(18)9-10/h3-9,15,19H,1-2H3. The monoisotopic (exact) mass is 307 g/mol. The summed E-state index contributed by atoms with van der Waals surface area (Å²) in [7, 11) is 0. The third kappa shape index (κ3) is 2.34. The molecule has 1 unspecified atom stereocenters. The first-order chi connectivity index (χ1) is 9.47. The molecule has 0 spiro atoms. The van der Waals surface area contributed by atoms with Crippen molar-refractivity contribution in [3.8, 4) is 5.75 Å². The molecule has 1 atom stereocenters. The van der Waals surface area contributed by atoms with E-state index in [1.54, 1.807) is 6.07 Å². The van der Waals surface area contributed by atoms with Crippen molar-refractivity contribution in [3.63, 3.8) is 0 Å². The highest BCUT2D eigenvalue weighted by Gasteiger charge is 2.40. The van der Waals surface area contributed by atoms with E-state index in [2.05, 4.69) is 25.2 Å². The SMILES string of the molecule is CC1(C)Oc2ccccc2C1Nc1ccc(Cl)c(Cl)c1. The zero-order valence-corrected chi connectivity index (χ0v) is 12.8. The largest absolute Gasteiger partial charge is 0.485 e. The number of halogens is 2. The molecule has 3 rings (SSSR count). The molecule has 0 aromatic heterocycles. The van der Waals surface area contributed by atoms with Gasteiger partial charge in [-0.3, -0.25) is 0 Å². The zero-order valence-electron chi connectivity index (χ0n) is 11.3. The van der Waals surface area contributed by atoms with E-state index in [0.717, 1.165) is 17.0 Å². The molecule has 4 heteroatoms. The number of benzene rings is 2. The van der Waals surface area contributed by atoms with Gasteiger partial charge in [0.25, 0.3) is 0 Å². The van der Waals surface area contributed by atoms with Crippen LogP contribution in [0.15, 0.2) is 42.5 Å². The predicted molar refractivity (Wildman–Crippen MR) is 84.0 cm³/mol. The minimum absolute atomic E-state index is 0.0657. The molecule has 20 heavy (non-hydrogen) atoms. The van der Waals surface area contributed by atoms with E-state index < -0.39 is 0 Å². The molecule has 0 radical (unpaired) electrons. The molecule has 2 aromatic rings. The Morgan fingerprint density at radius 2 is 1.80 bits per heavy atom. The number of hydrogen-bond acceptors (Lipinski definition) is 2.